The number of hydrogen-bond donors (Lipinski definition) is 1. The number of benzene rings is 1. The van der Waals surface area contributed by atoms with Crippen molar-refractivity contribution in [2.75, 3.05) is 0 Å². The Hall–Kier alpha value is -1.28. The Bertz CT molecular complexity index is 377. The van der Waals surface area contributed by atoms with Crippen LogP contribution in [0.15, 0.2) is 28.7 Å². The van der Waals surface area contributed by atoms with Crippen LogP contribution in [0.2, 0.25) is 0 Å². The van der Waals surface area contributed by atoms with E-state index in [1.54, 1.807) is 0 Å². The van der Waals surface area contributed by atoms with Crippen LogP contribution in [0.3, 0.4) is 0 Å². The van der Waals surface area contributed by atoms with Gasteiger partial charge in [-0.15, -0.1) is 0 Å². The topological polar surface area (TPSA) is 33.4 Å². The normalized spacial score (nSPS) is 10.9. The van der Waals surface area contributed by atoms with Crippen LogP contribution < -0.4 is 0 Å². The molecule has 0 saturated heterocycles. The van der Waals surface area contributed by atoms with E-state index >= 15 is 0 Å². The average Bonchev–Trinajstić information content (AvgIpc) is 2.56. The fourth-order valence-electron chi connectivity index (χ4n) is 1.61. The predicted octanol–water partition coefficient (Wildman–Crippen LogP) is 2.49. The van der Waals surface area contributed by atoms with Crippen molar-refractivity contribution in [2.45, 2.75) is 20.0 Å². The Morgan fingerprint density at radius 3 is 2.31 bits per heavy atom. The highest BCUT2D eigenvalue weighted by Gasteiger charge is 2.09. The van der Waals surface area contributed by atoms with Crippen molar-refractivity contribution in [1.29, 1.82) is 0 Å². The molecule has 68 valence electrons. The third-order valence-corrected chi connectivity index (χ3v) is 2.24. The van der Waals surface area contributed by atoms with E-state index in [4.69, 9.17) is 9.52 Å². The first-order valence-corrected chi connectivity index (χ1v) is 4.47. The second kappa shape index (κ2) is 3.23. The SMILES string of the molecule is CCc1oc(CO)c2ccccc12. The van der Waals surface area contributed by atoms with Gasteiger partial charge in [-0.3, -0.25) is 0 Å². The van der Waals surface area contributed by atoms with Crippen molar-refractivity contribution < 1.29 is 9.52 Å². The molecule has 2 aromatic rings. The number of hydrogen-bond acceptors (Lipinski definition) is 2. The second-order valence-electron chi connectivity index (χ2n) is 3.01. The molecule has 0 unspecified atom stereocenters. The Morgan fingerprint density at radius 1 is 1.15 bits per heavy atom. The van der Waals surface area contributed by atoms with Crippen molar-refractivity contribution in [1.82, 2.24) is 0 Å². The van der Waals surface area contributed by atoms with Gasteiger partial charge in [0.2, 0.25) is 0 Å². The predicted molar refractivity (Wildman–Crippen MR) is 51.5 cm³/mol. The standard InChI is InChI=1S/C11H12O2/c1-2-10-8-5-3-4-6-9(8)11(7-12)13-10/h3-6,12H,2,7H2,1H3. The van der Waals surface area contributed by atoms with Crippen molar-refractivity contribution in [3.05, 3.63) is 35.8 Å². The van der Waals surface area contributed by atoms with Crippen LogP contribution in [0, 0.1) is 0 Å². The van der Waals surface area contributed by atoms with E-state index in [1.165, 1.54) is 0 Å². The van der Waals surface area contributed by atoms with Crippen molar-refractivity contribution in [3.8, 4) is 0 Å². The van der Waals surface area contributed by atoms with Gasteiger partial charge in [-0.2, -0.15) is 0 Å². The van der Waals surface area contributed by atoms with Crippen LogP contribution in [0.25, 0.3) is 10.8 Å². The van der Waals surface area contributed by atoms with E-state index < -0.39 is 0 Å². The van der Waals surface area contributed by atoms with Gasteiger partial charge in [-0.05, 0) is 0 Å². The Morgan fingerprint density at radius 2 is 1.77 bits per heavy atom. The van der Waals surface area contributed by atoms with Gasteiger partial charge in [0.15, 0.2) is 0 Å². The fraction of sp³-hybridized carbons (Fsp3) is 0.273. The third-order valence-electron chi connectivity index (χ3n) is 2.24. The van der Waals surface area contributed by atoms with Crippen LogP contribution in [0.5, 0.6) is 0 Å². The maximum atomic E-state index is 9.05. The zero-order valence-electron chi connectivity index (χ0n) is 7.58. The van der Waals surface area contributed by atoms with Gasteiger partial charge < -0.3 is 9.52 Å². The van der Waals surface area contributed by atoms with Gasteiger partial charge in [-0.1, -0.05) is 31.2 Å². The monoisotopic (exact) mass is 176 g/mol. The van der Waals surface area contributed by atoms with Gasteiger partial charge in [0.1, 0.15) is 18.1 Å². The first-order chi connectivity index (χ1) is 6.36. The summed E-state index contributed by atoms with van der Waals surface area (Å²) in [6, 6.07) is 7.94. The Kier molecular flexibility index (Phi) is 2.07. The van der Waals surface area contributed by atoms with E-state index in [-0.39, 0.29) is 6.61 Å². The molecule has 0 aliphatic carbocycles. The molecule has 2 rings (SSSR count). The van der Waals surface area contributed by atoms with E-state index in [0.717, 1.165) is 23.0 Å². The van der Waals surface area contributed by atoms with E-state index in [0.29, 0.717) is 5.76 Å². The highest BCUT2D eigenvalue weighted by Crippen LogP contribution is 2.26. The van der Waals surface area contributed by atoms with Gasteiger partial charge in [-0.25, -0.2) is 0 Å². The summed E-state index contributed by atoms with van der Waals surface area (Å²) >= 11 is 0. The summed E-state index contributed by atoms with van der Waals surface area (Å²) in [5.41, 5.74) is 0. The smallest absolute Gasteiger partial charge is 0.137 e. The van der Waals surface area contributed by atoms with E-state index in [9.17, 15) is 0 Å². The molecule has 0 saturated carbocycles. The number of fused-ring (bicyclic) bond motifs is 1. The van der Waals surface area contributed by atoms with Crippen LogP contribution in [0.1, 0.15) is 18.4 Å². The van der Waals surface area contributed by atoms with Gasteiger partial charge in [0, 0.05) is 17.2 Å². The number of rotatable bonds is 2. The molecule has 1 aromatic heterocycles. The highest BCUT2D eigenvalue weighted by atomic mass is 16.4. The molecule has 0 fully saturated rings. The summed E-state index contributed by atoms with van der Waals surface area (Å²) < 4.78 is 5.51. The van der Waals surface area contributed by atoms with Crippen LogP contribution in [0.4, 0.5) is 0 Å². The maximum absolute atomic E-state index is 9.05. The lowest BCUT2D eigenvalue weighted by Gasteiger charge is -1.89. The molecule has 1 aromatic carbocycles. The molecule has 0 bridgehead atoms. The van der Waals surface area contributed by atoms with Crippen molar-refractivity contribution >= 4 is 10.8 Å². The maximum Gasteiger partial charge on any atom is 0.137 e. The Labute approximate surface area is 76.8 Å². The highest BCUT2D eigenvalue weighted by molar-refractivity contribution is 5.86. The van der Waals surface area contributed by atoms with Gasteiger partial charge >= 0.3 is 0 Å². The molecule has 2 heteroatoms. The zero-order valence-corrected chi connectivity index (χ0v) is 7.58. The van der Waals surface area contributed by atoms with Crippen LogP contribution in [-0.4, -0.2) is 5.11 Å². The molecule has 0 amide bonds. The summed E-state index contributed by atoms with van der Waals surface area (Å²) in [5, 5.41) is 11.2. The average molecular weight is 176 g/mol. The third kappa shape index (κ3) is 1.23. The minimum absolute atomic E-state index is 0.0273. The quantitative estimate of drug-likeness (QED) is 0.762. The first-order valence-electron chi connectivity index (χ1n) is 4.47. The molecular formula is C11H12O2. The van der Waals surface area contributed by atoms with Crippen LogP contribution in [-0.2, 0) is 13.0 Å². The van der Waals surface area contributed by atoms with Gasteiger partial charge in [0.25, 0.3) is 0 Å². The molecule has 1 N–H and O–H groups in total. The number of aliphatic hydroxyl groups excluding tert-OH is 1. The molecule has 0 aliphatic rings. The molecule has 0 atom stereocenters. The Balaban J connectivity index is 2.74. The molecule has 0 radical (unpaired) electrons. The minimum atomic E-state index is -0.0273. The number of furan rings is 1. The summed E-state index contributed by atoms with van der Waals surface area (Å²) in [6.07, 6.45) is 0.862. The second-order valence-corrected chi connectivity index (χ2v) is 3.01. The molecular weight excluding hydrogens is 164 g/mol. The van der Waals surface area contributed by atoms with Crippen LogP contribution >= 0.6 is 0 Å². The van der Waals surface area contributed by atoms with Crippen molar-refractivity contribution in [2.24, 2.45) is 0 Å². The summed E-state index contributed by atoms with van der Waals surface area (Å²) in [5.74, 6) is 1.63. The molecule has 1 heterocycles. The first kappa shape index (κ1) is 8.32. The van der Waals surface area contributed by atoms with Crippen molar-refractivity contribution in [3.63, 3.8) is 0 Å². The van der Waals surface area contributed by atoms with Gasteiger partial charge in [0.05, 0.1) is 0 Å². The minimum Gasteiger partial charge on any atom is -0.462 e. The fourth-order valence-corrected chi connectivity index (χ4v) is 1.61. The molecule has 0 spiro atoms. The number of aliphatic hydroxyl groups is 1. The lowest BCUT2D eigenvalue weighted by Crippen LogP contribution is -1.77. The summed E-state index contributed by atoms with van der Waals surface area (Å²) in [6.45, 7) is 2.02. The molecule has 0 aliphatic heterocycles. The lowest BCUT2D eigenvalue weighted by molar-refractivity contribution is 0.246. The molecule has 13 heavy (non-hydrogen) atoms. The summed E-state index contributed by atoms with van der Waals surface area (Å²) in [7, 11) is 0. The molecule has 2 nitrogen and oxygen atoms in total. The summed E-state index contributed by atoms with van der Waals surface area (Å²) in [4.78, 5) is 0. The zero-order chi connectivity index (χ0) is 9.26. The van der Waals surface area contributed by atoms with E-state index in [2.05, 4.69) is 0 Å². The van der Waals surface area contributed by atoms with E-state index in [1.807, 2.05) is 31.2 Å². The number of aryl methyl sites for hydroxylation is 1. The lowest BCUT2D eigenvalue weighted by atomic mass is 10.1. The largest absolute Gasteiger partial charge is 0.462 e.